The molecule has 0 radical (unpaired) electrons. The highest BCUT2D eigenvalue weighted by atomic mass is 32.2. The maximum absolute atomic E-state index is 11.6. The minimum absolute atomic E-state index is 0.00440. The van der Waals surface area contributed by atoms with Crippen molar-refractivity contribution >= 4 is 41.5 Å². The zero-order valence-corrected chi connectivity index (χ0v) is 12.6. The maximum Gasteiger partial charge on any atom is 0.353 e. The van der Waals surface area contributed by atoms with Gasteiger partial charge in [-0.05, 0) is 23.1 Å². The van der Waals surface area contributed by atoms with Gasteiger partial charge in [0.1, 0.15) is 5.70 Å². The lowest BCUT2D eigenvalue weighted by Crippen LogP contribution is -2.53. The van der Waals surface area contributed by atoms with E-state index in [2.05, 4.69) is 4.98 Å². The minimum atomic E-state index is -1.04. The van der Waals surface area contributed by atoms with Crippen LogP contribution in [0.2, 0.25) is 0 Å². The summed E-state index contributed by atoms with van der Waals surface area (Å²) in [6.07, 6.45) is 5.74. The molecule has 7 heteroatoms. The highest BCUT2D eigenvalue weighted by molar-refractivity contribution is 8.08. The summed E-state index contributed by atoms with van der Waals surface area (Å²) in [6, 6.07) is 3.76. The summed E-state index contributed by atoms with van der Waals surface area (Å²) < 4.78 is 0. The molecule has 2 aliphatic rings. The first kappa shape index (κ1) is 14.2. The van der Waals surface area contributed by atoms with Crippen LogP contribution in [0.4, 0.5) is 0 Å². The molecule has 108 valence electrons. The van der Waals surface area contributed by atoms with E-state index >= 15 is 0 Å². The first-order valence-electron chi connectivity index (χ1n) is 6.30. The average Bonchev–Trinajstić information content (AvgIpc) is 2.47. The molecule has 2 aliphatic heterocycles. The van der Waals surface area contributed by atoms with Crippen molar-refractivity contribution in [2.24, 2.45) is 0 Å². The summed E-state index contributed by atoms with van der Waals surface area (Å²) in [4.78, 5) is 29.1. The van der Waals surface area contributed by atoms with Crippen LogP contribution < -0.4 is 0 Å². The van der Waals surface area contributed by atoms with E-state index in [1.54, 1.807) is 24.2 Å². The van der Waals surface area contributed by atoms with Gasteiger partial charge in [-0.2, -0.15) is 0 Å². The van der Waals surface area contributed by atoms with Gasteiger partial charge in [-0.1, -0.05) is 17.8 Å². The Morgan fingerprint density at radius 2 is 2.43 bits per heavy atom. The van der Waals surface area contributed by atoms with Gasteiger partial charge in [0.25, 0.3) is 0 Å². The summed E-state index contributed by atoms with van der Waals surface area (Å²) in [7, 11) is 0. The SMILES string of the molecule is O=C(O)C1=C(S/C=C\c2cccnc2)CS[C@@H]2CC(=O)N12. The monoisotopic (exact) mass is 320 g/mol. The topological polar surface area (TPSA) is 70.5 Å². The summed E-state index contributed by atoms with van der Waals surface area (Å²) in [5.74, 6) is -0.525. The van der Waals surface area contributed by atoms with Crippen molar-refractivity contribution in [1.29, 1.82) is 0 Å². The van der Waals surface area contributed by atoms with Crippen molar-refractivity contribution in [3.8, 4) is 0 Å². The van der Waals surface area contributed by atoms with Gasteiger partial charge in [-0.3, -0.25) is 14.7 Å². The Labute approximate surface area is 130 Å². The fraction of sp³-hybridized carbons (Fsp3) is 0.214. The van der Waals surface area contributed by atoms with Gasteiger partial charge in [0.05, 0.1) is 11.8 Å². The smallest absolute Gasteiger partial charge is 0.353 e. The van der Waals surface area contributed by atoms with E-state index in [1.807, 2.05) is 23.6 Å². The van der Waals surface area contributed by atoms with Crippen molar-refractivity contribution in [3.63, 3.8) is 0 Å². The van der Waals surface area contributed by atoms with Gasteiger partial charge in [0.15, 0.2) is 0 Å². The van der Waals surface area contributed by atoms with Gasteiger partial charge in [-0.25, -0.2) is 4.79 Å². The molecule has 1 saturated heterocycles. The number of carboxylic acids is 1. The Morgan fingerprint density at radius 1 is 1.57 bits per heavy atom. The van der Waals surface area contributed by atoms with Gasteiger partial charge < -0.3 is 5.11 Å². The second-order valence-electron chi connectivity index (χ2n) is 4.52. The molecule has 3 heterocycles. The average molecular weight is 320 g/mol. The number of pyridine rings is 1. The predicted octanol–water partition coefficient (Wildman–Crippen LogP) is 2.39. The van der Waals surface area contributed by atoms with Crippen molar-refractivity contribution in [3.05, 3.63) is 46.1 Å². The molecule has 0 saturated carbocycles. The molecule has 0 aromatic carbocycles. The molecule has 1 aromatic rings. The first-order valence-corrected chi connectivity index (χ1v) is 8.23. The van der Waals surface area contributed by atoms with Crippen LogP contribution in [-0.2, 0) is 9.59 Å². The van der Waals surface area contributed by atoms with Crippen molar-refractivity contribution in [1.82, 2.24) is 9.88 Å². The van der Waals surface area contributed by atoms with Crippen molar-refractivity contribution in [2.45, 2.75) is 11.8 Å². The van der Waals surface area contributed by atoms with Crippen LogP contribution in [-0.4, -0.2) is 38.0 Å². The summed E-state index contributed by atoms with van der Waals surface area (Å²) in [5.41, 5.74) is 1.08. The number of carboxylic acid groups (broad SMARTS) is 1. The number of aromatic nitrogens is 1. The summed E-state index contributed by atoms with van der Waals surface area (Å²) in [5, 5.41) is 11.2. The Morgan fingerprint density at radius 3 is 3.10 bits per heavy atom. The van der Waals surface area contributed by atoms with E-state index in [1.165, 1.54) is 16.7 Å². The Balaban J connectivity index is 1.79. The molecule has 1 fully saturated rings. The molecule has 0 unspecified atom stereocenters. The number of aliphatic carboxylic acids is 1. The molecule has 0 bridgehead atoms. The molecule has 0 spiro atoms. The number of thioether (sulfide) groups is 2. The highest BCUT2D eigenvalue weighted by Crippen LogP contribution is 2.43. The van der Waals surface area contributed by atoms with Crippen LogP contribution >= 0.6 is 23.5 Å². The third-order valence-electron chi connectivity index (χ3n) is 3.18. The van der Waals surface area contributed by atoms with Crippen molar-refractivity contribution < 1.29 is 14.7 Å². The van der Waals surface area contributed by atoms with Gasteiger partial charge >= 0.3 is 5.97 Å². The van der Waals surface area contributed by atoms with Crippen LogP contribution in [0.5, 0.6) is 0 Å². The Kier molecular flexibility index (Phi) is 4.03. The van der Waals surface area contributed by atoms with E-state index in [0.717, 1.165) is 5.56 Å². The quantitative estimate of drug-likeness (QED) is 0.859. The number of β-lactam (4-membered cyclic amide) rings is 1. The van der Waals surface area contributed by atoms with E-state index in [0.29, 0.717) is 17.1 Å². The third kappa shape index (κ3) is 2.84. The number of rotatable bonds is 4. The lowest BCUT2D eigenvalue weighted by molar-refractivity contribution is -0.146. The number of fused-ring (bicyclic) bond motifs is 1. The second kappa shape index (κ2) is 5.95. The molecular formula is C14H12N2O3S2. The zero-order chi connectivity index (χ0) is 14.8. The van der Waals surface area contributed by atoms with Gasteiger partial charge in [0, 0.05) is 23.1 Å². The third-order valence-corrected chi connectivity index (χ3v) is 5.47. The fourth-order valence-corrected chi connectivity index (χ4v) is 4.42. The first-order chi connectivity index (χ1) is 10.2. The van der Waals surface area contributed by atoms with Crippen molar-refractivity contribution in [2.75, 3.05) is 5.75 Å². The maximum atomic E-state index is 11.6. The molecular weight excluding hydrogens is 308 g/mol. The molecule has 3 rings (SSSR count). The van der Waals surface area contributed by atoms with E-state index < -0.39 is 5.97 Å². The zero-order valence-electron chi connectivity index (χ0n) is 10.9. The lowest BCUT2D eigenvalue weighted by Gasteiger charge is -2.43. The molecule has 1 amide bonds. The standard InChI is InChI=1S/C14H12N2O3S2/c17-11-6-12-16(11)13(14(18)19)10(8-21-12)20-5-3-9-2-1-4-15-7-9/h1-5,7,12H,6,8H2,(H,18,19)/b5-3-/t12-/m1/s1. The molecule has 21 heavy (non-hydrogen) atoms. The normalized spacial score (nSPS) is 21.4. The van der Waals surface area contributed by atoms with Gasteiger partial charge in [0.2, 0.25) is 5.91 Å². The van der Waals surface area contributed by atoms with Crippen LogP contribution in [0.3, 0.4) is 0 Å². The molecule has 1 aromatic heterocycles. The predicted molar refractivity (Wildman–Crippen MR) is 83.2 cm³/mol. The molecule has 1 N–H and O–H groups in total. The van der Waals surface area contributed by atoms with Crippen LogP contribution in [0.1, 0.15) is 12.0 Å². The highest BCUT2D eigenvalue weighted by Gasteiger charge is 2.45. The molecule has 5 nitrogen and oxygen atoms in total. The Bertz CT molecular complexity index is 643. The minimum Gasteiger partial charge on any atom is -0.477 e. The van der Waals surface area contributed by atoms with Crippen LogP contribution in [0.25, 0.3) is 6.08 Å². The fourth-order valence-electron chi connectivity index (χ4n) is 2.15. The lowest BCUT2D eigenvalue weighted by atomic mass is 10.1. The van der Waals surface area contributed by atoms with E-state index in [4.69, 9.17) is 0 Å². The summed E-state index contributed by atoms with van der Waals surface area (Å²) in [6.45, 7) is 0. The summed E-state index contributed by atoms with van der Waals surface area (Å²) >= 11 is 2.96. The number of carbonyl (C=O) groups is 2. The number of hydrogen-bond donors (Lipinski definition) is 1. The Hall–Kier alpha value is -1.73. The molecule has 1 atom stereocenters. The van der Waals surface area contributed by atoms with Crippen LogP contribution in [0.15, 0.2) is 40.5 Å². The van der Waals surface area contributed by atoms with E-state index in [-0.39, 0.29) is 17.0 Å². The van der Waals surface area contributed by atoms with Crippen LogP contribution in [0, 0.1) is 0 Å². The van der Waals surface area contributed by atoms with Gasteiger partial charge in [-0.15, -0.1) is 11.8 Å². The number of hydrogen-bond acceptors (Lipinski definition) is 5. The second-order valence-corrected chi connectivity index (χ2v) is 6.68. The number of nitrogens with zero attached hydrogens (tertiary/aromatic N) is 2. The molecule has 0 aliphatic carbocycles. The number of amides is 1. The number of carbonyl (C=O) groups excluding carboxylic acids is 1. The largest absolute Gasteiger partial charge is 0.477 e. The van der Waals surface area contributed by atoms with E-state index in [9.17, 15) is 14.7 Å².